The van der Waals surface area contributed by atoms with Crippen LogP contribution in [0.2, 0.25) is 0 Å². The lowest BCUT2D eigenvalue weighted by Crippen LogP contribution is -2.36. The number of amides is 2. The number of carbonyl (C=O) groups excluding carboxylic acids is 2. The van der Waals surface area contributed by atoms with Gasteiger partial charge in [-0.2, -0.15) is 5.10 Å². The van der Waals surface area contributed by atoms with E-state index in [2.05, 4.69) is 10.4 Å². The van der Waals surface area contributed by atoms with Crippen molar-refractivity contribution in [2.75, 3.05) is 18.2 Å². The molecule has 188 valence electrons. The predicted octanol–water partition coefficient (Wildman–Crippen LogP) is 4.43. The maximum atomic E-state index is 14.3. The van der Waals surface area contributed by atoms with Crippen molar-refractivity contribution in [2.24, 2.45) is 0 Å². The van der Waals surface area contributed by atoms with Crippen LogP contribution in [-0.4, -0.2) is 33.8 Å². The number of nitrogens with two attached hydrogens (primary N) is 1. The van der Waals surface area contributed by atoms with Crippen LogP contribution in [0.5, 0.6) is 11.5 Å². The number of halogens is 1. The second-order valence-corrected chi connectivity index (χ2v) is 8.60. The molecule has 5 rings (SSSR count). The van der Waals surface area contributed by atoms with Crippen molar-refractivity contribution in [2.45, 2.75) is 19.6 Å². The van der Waals surface area contributed by atoms with Crippen LogP contribution in [-0.2, 0) is 19.6 Å². The highest BCUT2D eigenvalue weighted by Crippen LogP contribution is 2.30. The van der Waals surface area contributed by atoms with E-state index < -0.39 is 11.9 Å². The molecule has 1 aromatic heterocycles. The highest BCUT2D eigenvalue weighted by molar-refractivity contribution is 6.04. The van der Waals surface area contributed by atoms with Crippen LogP contribution in [0.1, 0.15) is 27.0 Å². The van der Waals surface area contributed by atoms with E-state index in [1.54, 1.807) is 48.3 Å². The molecule has 4 aromatic rings. The molecule has 0 saturated heterocycles. The number of rotatable bonds is 7. The number of ether oxygens (including phenoxy) is 2. The smallest absolute Gasteiger partial charge is 0.415 e. The minimum Gasteiger partial charge on any atom is -0.497 e. The van der Waals surface area contributed by atoms with Crippen molar-refractivity contribution in [1.29, 1.82) is 0 Å². The molecule has 0 atom stereocenters. The van der Waals surface area contributed by atoms with Gasteiger partial charge in [0.1, 0.15) is 11.5 Å². The predicted molar refractivity (Wildman–Crippen MR) is 135 cm³/mol. The summed E-state index contributed by atoms with van der Waals surface area (Å²) in [5, 5.41) is 7.07. The van der Waals surface area contributed by atoms with Gasteiger partial charge in [0.05, 0.1) is 44.2 Å². The van der Waals surface area contributed by atoms with Gasteiger partial charge < -0.3 is 20.5 Å². The first-order valence-corrected chi connectivity index (χ1v) is 11.5. The van der Waals surface area contributed by atoms with Gasteiger partial charge in [0.15, 0.2) is 5.82 Å². The fourth-order valence-corrected chi connectivity index (χ4v) is 4.02. The number of hydrogen-bond donors (Lipinski definition) is 2. The normalized spacial score (nSPS) is 12.6. The number of nitrogens with zero attached hydrogens (tertiary/aromatic N) is 3. The highest BCUT2D eigenvalue weighted by atomic mass is 19.1. The van der Waals surface area contributed by atoms with Gasteiger partial charge in [-0.15, -0.1) is 0 Å². The zero-order chi connectivity index (χ0) is 25.9. The van der Waals surface area contributed by atoms with Gasteiger partial charge in [-0.3, -0.25) is 14.4 Å². The van der Waals surface area contributed by atoms with Crippen LogP contribution < -0.4 is 20.5 Å². The molecule has 1 aliphatic rings. The Morgan fingerprint density at radius 2 is 1.97 bits per heavy atom. The maximum absolute atomic E-state index is 14.3. The summed E-state index contributed by atoms with van der Waals surface area (Å²) in [7, 11) is 1.61. The molecule has 0 saturated carbocycles. The number of nitrogens with one attached hydrogen (secondary N) is 1. The second-order valence-electron chi connectivity index (χ2n) is 8.60. The molecule has 3 N–H and O–H groups in total. The molecule has 0 bridgehead atoms. The Hall–Kier alpha value is -4.86. The number of fused-ring (bicyclic) bond motifs is 1. The third kappa shape index (κ3) is 5.22. The highest BCUT2D eigenvalue weighted by Gasteiger charge is 2.26. The van der Waals surface area contributed by atoms with Crippen LogP contribution >= 0.6 is 0 Å². The molecule has 0 fully saturated rings. The third-order valence-corrected chi connectivity index (χ3v) is 6.01. The summed E-state index contributed by atoms with van der Waals surface area (Å²) in [5.74, 6) is 0.207. The first kappa shape index (κ1) is 23.9. The van der Waals surface area contributed by atoms with E-state index in [1.165, 1.54) is 17.2 Å². The summed E-state index contributed by atoms with van der Waals surface area (Å²) in [4.78, 5) is 26.7. The summed E-state index contributed by atoms with van der Waals surface area (Å²) in [6.07, 6.45) is 2.54. The number of anilines is 2. The molecule has 0 unspecified atom stereocenters. The SMILES string of the molecule is COc1ccc(Cn2cc(C(=O)Nc3ccc4c(c3)OC(=O)N(Cc3cccc(N)c3F)C4)cn2)cc1. The van der Waals surface area contributed by atoms with E-state index in [1.807, 2.05) is 24.3 Å². The van der Waals surface area contributed by atoms with Gasteiger partial charge >= 0.3 is 6.09 Å². The number of benzene rings is 3. The van der Waals surface area contributed by atoms with Crippen molar-refractivity contribution in [1.82, 2.24) is 14.7 Å². The van der Waals surface area contributed by atoms with Crippen molar-refractivity contribution in [3.05, 3.63) is 101 Å². The van der Waals surface area contributed by atoms with Gasteiger partial charge in [0, 0.05) is 29.1 Å². The molecule has 2 heterocycles. The molecule has 1 aliphatic heterocycles. The van der Waals surface area contributed by atoms with E-state index in [-0.39, 0.29) is 24.7 Å². The Balaban J connectivity index is 1.23. The molecular formula is C27H24FN5O4. The Kier molecular flexibility index (Phi) is 6.46. The summed E-state index contributed by atoms with van der Waals surface area (Å²) >= 11 is 0. The van der Waals surface area contributed by atoms with Crippen LogP contribution in [0.15, 0.2) is 73.1 Å². The number of aromatic nitrogens is 2. The van der Waals surface area contributed by atoms with Gasteiger partial charge in [0.25, 0.3) is 5.91 Å². The Morgan fingerprint density at radius 1 is 1.16 bits per heavy atom. The van der Waals surface area contributed by atoms with E-state index in [4.69, 9.17) is 15.2 Å². The molecule has 10 heteroatoms. The lowest BCUT2D eigenvalue weighted by molar-refractivity contribution is 0.102. The van der Waals surface area contributed by atoms with Gasteiger partial charge in [0.2, 0.25) is 0 Å². The van der Waals surface area contributed by atoms with Crippen LogP contribution in [0, 0.1) is 5.82 Å². The Morgan fingerprint density at radius 3 is 2.76 bits per heavy atom. The molecule has 2 amide bonds. The third-order valence-electron chi connectivity index (χ3n) is 6.01. The van der Waals surface area contributed by atoms with Crippen molar-refractivity contribution >= 4 is 23.4 Å². The fourth-order valence-electron chi connectivity index (χ4n) is 4.02. The fraction of sp³-hybridized carbons (Fsp3) is 0.148. The Bertz CT molecular complexity index is 1470. The quantitative estimate of drug-likeness (QED) is 0.363. The summed E-state index contributed by atoms with van der Waals surface area (Å²) in [6.45, 7) is 0.755. The molecule has 0 radical (unpaired) electrons. The zero-order valence-corrected chi connectivity index (χ0v) is 20.0. The second kappa shape index (κ2) is 10.0. The lowest BCUT2D eigenvalue weighted by atomic mass is 10.1. The molecule has 0 spiro atoms. The van der Waals surface area contributed by atoms with E-state index in [0.717, 1.165) is 16.9 Å². The number of nitrogen functional groups attached to an aromatic ring is 1. The zero-order valence-electron chi connectivity index (χ0n) is 20.0. The summed E-state index contributed by atoms with van der Waals surface area (Å²) < 4.78 is 26.6. The summed E-state index contributed by atoms with van der Waals surface area (Å²) in [5.41, 5.74) is 8.55. The first-order valence-electron chi connectivity index (χ1n) is 11.5. The Labute approximate surface area is 212 Å². The molecule has 9 nitrogen and oxygen atoms in total. The maximum Gasteiger partial charge on any atom is 0.415 e. The van der Waals surface area contributed by atoms with Crippen LogP contribution in [0.3, 0.4) is 0 Å². The average molecular weight is 502 g/mol. The van der Waals surface area contributed by atoms with E-state index in [0.29, 0.717) is 29.1 Å². The van der Waals surface area contributed by atoms with Crippen molar-refractivity contribution in [3.8, 4) is 11.5 Å². The van der Waals surface area contributed by atoms with Crippen molar-refractivity contribution in [3.63, 3.8) is 0 Å². The molecule has 37 heavy (non-hydrogen) atoms. The van der Waals surface area contributed by atoms with Crippen molar-refractivity contribution < 1.29 is 23.5 Å². The average Bonchev–Trinajstić information content (AvgIpc) is 3.36. The van der Waals surface area contributed by atoms with E-state index in [9.17, 15) is 14.0 Å². The van der Waals surface area contributed by atoms with Gasteiger partial charge in [-0.05, 0) is 29.8 Å². The lowest BCUT2D eigenvalue weighted by Gasteiger charge is -2.28. The van der Waals surface area contributed by atoms with Crippen LogP contribution in [0.25, 0.3) is 0 Å². The molecular weight excluding hydrogens is 477 g/mol. The summed E-state index contributed by atoms with van der Waals surface area (Å²) in [6, 6.07) is 17.3. The standard InChI is InChI=1S/C27H24FN5O4/c1-36-22-9-5-17(6-10-22)13-33-16-20(12-30-33)26(34)31-21-8-7-18-14-32(27(35)37-24(18)11-21)15-19-3-2-4-23(29)25(19)28/h2-12,16H,13-15,29H2,1H3,(H,31,34). The number of methoxy groups -OCH3 is 1. The monoisotopic (exact) mass is 501 g/mol. The molecule has 3 aromatic carbocycles. The largest absolute Gasteiger partial charge is 0.497 e. The number of carbonyl (C=O) groups is 2. The van der Waals surface area contributed by atoms with Gasteiger partial charge in [-0.1, -0.05) is 30.3 Å². The number of hydrogen-bond acceptors (Lipinski definition) is 6. The minimum atomic E-state index is -0.613. The molecule has 0 aliphatic carbocycles. The topological polar surface area (TPSA) is 112 Å². The van der Waals surface area contributed by atoms with Gasteiger partial charge in [-0.25, -0.2) is 9.18 Å². The minimum absolute atomic E-state index is 0.0220. The van der Waals surface area contributed by atoms with E-state index >= 15 is 0 Å². The van der Waals surface area contributed by atoms with Crippen LogP contribution in [0.4, 0.5) is 20.6 Å². The first-order chi connectivity index (χ1) is 17.9.